The number of anilines is 1. The largest absolute Gasteiger partial charge is 0.495 e. The minimum atomic E-state index is -3.73. The molecule has 0 aliphatic carbocycles. The smallest absolute Gasteiger partial charge is 0.241 e. The lowest BCUT2D eigenvalue weighted by atomic mass is 10.2. The second-order valence-corrected chi connectivity index (χ2v) is 9.69. The van der Waals surface area contributed by atoms with Gasteiger partial charge in [0.05, 0.1) is 19.1 Å². The van der Waals surface area contributed by atoms with Crippen LogP contribution in [0.1, 0.15) is 16.7 Å². The molecule has 9 heteroatoms. The Kier molecular flexibility index (Phi) is 8.12. The number of sulfonamides is 1. The number of halogens is 1. The number of methoxy groups -OCH3 is 1. The maximum Gasteiger partial charge on any atom is 0.241 e. The van der Waals surface area contributed by atoms with Gasteiger partial charge in [0, 0.05) is 6.54 Å². The van der Waals surface area contributed by atoms with Crippen LogP contribution < -0.4 is 19.1 Å². The summed E-state index contributed by atoms with van der Waals surface area (Å²) in [4.78, 5) is 12.6. The van der Waals surface area contributed by atoms with Crippen molar-refractivity contribution >= 4 is 21.6 Å². The van der Waals surface area contributed by atoms with Crippen molar-refractivity contribution in [3.05, 3.63) is 89.2 Å². The quantitative estimate of drug-likeness (QED) is 0.471. The molecule has 0 aliphatic heterocycles. The third kappa shape index (κ3) is 6.95. The first kappa shape index (κ1) is 25.0. The van der Waals surface area contributed by atoms with Crippen LogP contribution in [0, 0.1) is 12.7 Å². The van der Waals surface area contributed by atoms with Crippen molar-refractivity contribution in [2.24, 2.45) is 0 Å². The van der Waals surface area contributed by atoms with Gasteiger partial charge in [-0.2, -0.15) is 0 Å². The number of amides is 1. The summed E-state index contributed by atoms with van der Waals surface area (Å²) in [7, 11) is -2.28. The van der Waals surface area contributed by atoms with Crippen molar-refractivity contribution in [2.45, 2.75) is 20.1 Å². The lowest BCUT2D eigenvalue weighted by Crippen LogP contribution is -2.40. The van der Waals surface area contributed by atoms with Crippen molar-refractivity contribution in [2.75, 3.05) is 24.2 Å². The molecule has 3 aromatic rings. The van der Waals surface area contributed by atoms with Gasteiger partial charge >= 0.3 is 0 Å². The standard InChI is InChI=1S/C25H27FN2O5S/c1-18-4-13-24(32-2)23(14-18)28(34(3,30)31)16-25(29)27-15-19-7-11-22(12-8-19)33-17-20-5-9-21(26)10-6-20/h4-14H,15-17H2,1-3H3,(H,27,29). The van der Waals surface area contributed by atoms with E-state index in [0.717, 1.165) is 27.3 Å². The number of rotatable bonds is 10. The Balaban J connectivity index is 1.58. The molecule has 0 aromatic heterocycles. The SMILES string of the molecule is COc1ccc(C)cc1N(CC(=O)NCc1ccc(OCc2ccc(F)cc2)cc1)S(C)(=O)=O. The maximum absolute atomic E-state index is 13.0. The molecule has 0 bridgehead atoms. The van der Waals surface area contributed by atoms with E-state index in [9.17, 15) is 17.6 Å². The molecule has 0 saturated heterocycles. The lowest BCUT2D eigenvalue weighted by molar-refractivity contribution is -0.119. The first-order valence-electron chi connectivity index (χ1n) is 10.5. The van der Waals surface area contributed by atoms with E-state index in [4.69, 9.17) is 9.47 Å². The molecule has 34 heavy (non-hydrogen) atoms. The van der Waals surface area contributed by atoms with E-state index in [2.05, 4.69) is 5.32 Å². The zero-order valence-corrected chi connectivity index (χ0v) is 20.1. The number of ether oxygens (including phenoxy) is 2. The summed E-state index contributed by atoms with van der Waals surface area (Å²) in [6, 6.07) is 18.4. The summed E-state index contributed by atoms with van der Waals surface area (Å²) in [5, 5.41) is 2.74. The molecule has 0 radical (unpaired) electrons. The van der Waals surface area contributed by atoms with E-state index in [1.54, 1.807) is 54.6 Å². The van der Waals surface area contributed by atoms with E-state index in [-0.39, 0.29) is 18.9 Å². The van der Waals surface area contributed by atoms with Crippen molar-refractivity contribution in [3.63, 3.8) is 0 Å². The van der Waals surface area contributed by atoms with Crippen molar-refractivity contribution in [1.82, 2.24) is 5.32 Å². The highest BCUT2D eigenvalue weighted by molar-refractivity contribution is 7.92. The Hall–Kier alpha value is -3.59. The fourth-order valence-electron chi connectivity index (χ4n) is 3.21. The molecule has 0 aliphatic rings. The number of nitrogens with one attached hydrogen (secondary N) is 1. The first-order chi connectivity index (χ1) is 16.2. The Morgan fingerprint density at radius 3 is 2.26 bits per heavy atom. The Labute approximate surface area is 199 Å². The Morgan fingerprint density at radius 2 is 1.65 bits per heavy atom. The summed E-state index contributed by atoms with van der Waals surface area (Å²) in [6.07, 6.45) is 1.05. The van der Waals surface area contributed by atoms with Gasteiger partial charge < -0.3 is 14.8 Å². The predicted octanol–water partition coefficient (Wildman–Crippen LogP) is 3.80. The summed E-state index contributed by atoms with van der Waals surface area (Å²) in [6.45, 7) is 1.98. The minimum Gasteiger partial charge on any atom is -0.495 e. The normalized spacial score (nSPS) is 11.1. The number of hydrogen-bond acceptors (Lipinski definition) is 5. The van der Waals surface area contributed by atoms with Crippen LogP contribution in [0.5, 0.6) is 11.5 Å². The van der Waals surface area contributed by atoms with Gasteiger partial charge in [-0.1, -0.05) is 30.3 Å². The number of carbonyl (C=O) groups excluding carboxylic acids is 1. The van der Waals surface area contributed by atoms with Gasteiger partial charge in [0.25, 0.3) is 0 Å². The molecule has 7 nitrogen and oxygen atoms in total. The van der Waals surface area contributed by atoms with E-state index in [1.165, 1.54) is 19.2 Å². The van der Waals surface area contributed by atoms with Crippen LogP contribution in [0.3, 0.4) is 0 Å². The van der Waals surface area contributed by atoms with E-state index < -0.39 is 15.9 Å². The summed E-state index contributed by atoms with van der Waals surface area (Å²) in [5.41, 5.74) is 2.81. The molecule has 0 unspecified atom stereocenters. The number of hydrogen-bond donors (Lipinski definition) is 1. The molecule has 0 spiro atoms. The Bertz CT molecular complexity index is 1230. The highest BCUT2D eigenvalue weighted by Gasteiger charge is 2.24. The monoisotopic (exact) mass is 486 g/mol. The van der Waals surface area contributed by atoms with Crippen LogP contribution in [-0.4, -0.2) is 34.2 Å². The number of nitrogens with zero attached hydrogens (tertiary/aromatic N) is 1. The van der Waals surface area contributed by atoms with Crippen LogP contribution in [-0.2, 0) is 28.0 Å². The molecule has 3 rings (SSSR count). The van der Waals surface area contributed by atoms with Gasteiger partial charge in [-0.15, -0.1) is 0 Å². The van der Waals surface area contributed by atoms with E-state index in [1.807, 2.05) is 6.92 Å². The molecule has 1 N–H and O–H groups in total. The van der Waals surface area contributed by atoms with Crippen LogP contribution in [0.25, 0.3) is 0 Å². The van der Waals surface area contributed by atoms with Gasteiger partial charge in [-0.3, -0.25) is 9.10 Å². The second-order valence-electron chi connectivity index (χ2n) is 7.78. The van der Waals surface area contributed by atoms with Crippen LogP contribution >= 0.6 is 0 Å². The molecule has 0 heterocycles. The third-order valence-corrected chi connectivity index (χ3v) is 6.15. The zero-order chi connectivity index (χ0) is 24.7. The molecule has 0 atom stereocenters. The fraction of sp³-hybridized carbons (Fsp3) is 0.240. The minimum absolute atomic E-state index is 0.222. The van der Waals surface area contributed by atoms with Gasteiger partial charge in [-0.25, -0.2) is 12.8 Å². The van der Waals surface area contributed by atoms with Crippen LogP contribution in [0.4, 0.5) is 10.1 Å². The predicted molar refractivity (Wildman–Crippen MR) is 129 cm³/mol. The maximum atomic E-state index is 13.0. The average molecular weight is 487 g/mol. The van der Waals surface area contributed by atoms with E-state index in [0.29, 0.717) is 23.8 Å². The average Bonchev–Trinajstić information content (AvgIpc) is 2.81. The highest BCUT2D eigenvalue weighted by Crippen LogP contribution is 2.30. The van der Waals surface area contributed by atoms with Crippen molar-refractivity contribution < 1.29 is 27.1 Å². The van der Waals surface area contributed by atoms with Gasteiger partial charge in [0.15, 0.2) is 0 Å². The summed E-state index contributed by atoms with van der Waals surface area (Å²) in [5.74, 6) is 0.243. The van der Waals surface area contributed by atoms with Gasteiger partial charge in [-0.05, 0) is 60.0 Å². The number of aryl methyl sites for hydroxylation is 1. The number of carbonyl (C=O) groups is 1. The summed E-state index contributed by atoms with van der Waals surface area (Å²) >= 11 is 0. The molecule has 1 amide bonds. The zero-order valence-electron chi connectivity index (χ0n) is 19.2. The Morgan fingerprint density at radius 1 is 1.00 bits per heavy atom. The highest BCUT2D eigenvalue weighted by atomic mass is 32.2. The first-order valence-corrected chi connectivity index (χ1v) is 12.4. The topological polar surface area (TPSA) is 84.9 Å². The van der Waals surface area contributed by atoms with Crippen molar-refractivity contribution in [1.29, 1.82) is 0 Å². The molecule has 3 aromatic carbocycles. The lowest BCUT2D eigenvalue weighted by Gasteiger charge is -2.24. The van der Waals surface area contributed by atoms with Gasteiger partial charge in [0.2, 0.25) is 15.9 Å². The van der Waals surface area contributed by atoms with Gasteiger partial charge in [0.1, 0.15) is 30.5 Å². The van der Waals surface area contributed by atoms with Crippen LogP contribution in [0.15, 0.2) is 66.7 Å². The van der Waals surface area contributed by atoms with E-state index >= 15 is 0 Å². The molecule has 0 fully saturated rings. The molecular formula is C25H27FN2O5S. The van der Waals surface area contributed by atoms with Crippen LogP contribution in [0.2, 0.25) is 0 Å². The summed E-state index contributed by atoms with van der Waals surface area (Å²) < 4.78 is 49.8. The van der Waals surface area contributed by atoms with Crippen molar-refractivity contribution in [3.8, 4) is 11.5 Å². The molecule has 0 saturated carbocycles. The third-order valence-electron chi connectivity index (χ3n) is 5.02. The second kappa shape index (κ2) is 11.0. The number of benzene rings is 3. The molecular weight excluding hydrogens is 459 g/mol. The fourth-order valence-corrected chi connectivity index (χ4v) is 4.07. The molecule has 180 valence electrons.